The molecule has 0 saturated carbocycles. The van der Waals surface area contributed by atoms with E-state index in [0.29, 0.717) is 19.2 Å². The second kappa shape index (κ2) is 8.57. The topological polar surface area (TPSA) is 52.3 Å². The lowest BCUT2D eigenvalue weighted by Gasteiger charge is -2.46. The van der Waals surface area contributed by atoms with Crippen molar-refractivity contribution in [2.75, 3.05) is 6.54 Å². The van der Waals surface area contributed by atoms with Gasteiger partial charge >= 0.3 is 5.69 Å². The molecule has 3 rings (SSSR count). The highest BCUT2D eigenvalue weighted by Crippen LogP contribution is 2.36. The first kappa shape index (κ1) is 21.4. The Balaban J connectivity index is 1.55. The molecule has 29 heavy (non-hydrogen) atoms. The van der Waals surface area contributed by atoms with Crippen LogP contribution in [0.4, 0.5) is 0 Å². The van der Waals surface area contributed by atoms with Crippen LogP contribution in [-0.4, -0.2) is 37.4 Å². The molecule has 1 aromatic heterocycles. The first-order valence-electron chi connectivity index (χ1n) is 10.4. The number of aryl methyl sites for hydroxylation is 3. The minimum absolute atomic E-state index is 0.0507. The number of likely N-dealkylation sites (tertiary alicyclic amines) is 1. The zero-order chi connectivity index (χ0) is 21.2. The zero-order valence-electron chi connectivity index (χ0n) is 18.4. The van der Waals surface area contributed by atoms with Gasteiger partial charge in [0.05, 0.1) is 12.2 Å². The van der Waals surface area contributed by atoms with E-state index < -0.39 is 0 Å². The number of rotatable bonds is 7. The van der Waals surface area contributed by atoms with Gasteiger partial charge in [0.2, 0.25) is 0 Å². The van der Waals surface area contributed by atoms with Crippen molar-refractivity contribution in [1.82, 2.24) is 19.2 Å². The van der Waals surface area contributed by atoms with Crippen LogP contribution in [0, 0.1) is 13.8 Å². The van der Waals surface area contributed by atoms with Gasteiger partial charge in [0.25, 0.3) is 0 Å². The maximum absolute atomic E-state index is 12.1. The molecule has 0 radical (unpaired) electrons. The Morgan fingerprint density at radius 1 is 1.28 bits per heavy atom. The van der Waals surface area contributed by atoms with Gasteiger partial charge in [-0.15, -0.1) is 0 Å². The summed E-state index contributed by atoms with van der Waals surface area (Å²) in [5.41, 5.74) is 3.36. The van der Waals surface area contributed by atoms with Crippen LogP contribution in [0.15, 0.2) is 41.3 Å². The van der Waals surface area contributed by atoms with E-state index >= 15 is 0 Å². The van der Waals surface area contributed by atoms with Gasteiger partial charge in [0.15, 0.2) is 0 Å². The number of ether oxygens (including phenoxy) is 1. The molecule has 0 N–H and O–H groups in total. The maximum Gasteiger partial charge on any atom is 0.345 e. The number of hydrogen-bond donors (Lipinski definition) is 0. The van der Waals surface area contributed by atoms with Crippen molar-refractivity contribution in [2.45, 2.75) is 71.8 Å². The summed E-state index contributed by atoms with van der Waals surface area (Å²) in [4.78, 5) is 14.5. The minimum atomic E-state index is -0.204. The Hall–Kier alpha value is -2.34. The predicted octanol–water partition coefficient (Wildman–Crippen LogP) is 3.56. The molecule has 0 amide bonds. The summed E-state index contributed by atoms with van der Waals surface area (Å²) < 4.78 is 9.53. The van der Waals surface area contributed by atoms with Gasteiger partial charge in [-0.25, -0.2) is 9.48 Å². The quantitative estimate of drug-likeness (QED) is 0.716. The molecule has 2 heterocycles. The summed E-state index contributed by atoms with van der Waals surface area (Å²) in [6, 6.07) is 8.73. The third-order valence-electron chi connectivity index (χ3n) is 6.11. The average molecular weight is 399 g/mol. The van der Waals surface area contributed by atoms with Gasteiger partial charge in [0.1, 0.15) is 5.82 Å². The Morgan fingerprint density at radius 2 is 2.00 bits per heavy atom. The number of aromatic nitrogens is 3. The summed E-state index contributed by atoms with van der Waals surface area (Å²) in [7, 11) is 1.76. The highest BCUT2D eigenvalue weighted by atomic mass is 16.5. The summed E-state index contributed by atoms with van der Waals surface area (Å²) in [6.07, 6.45) is 2.65. The molecule has 2 aromatic rings. The van der Waals surface area contributed by atoms with E-state index in [2.05, 4.69) is 61.6 Å². The van der Waals surface area contributed by atoms with Gasteiger partial charge in [0, 0.05) is 38.3 Å². The summed E-state index contributed by atoms with van der Waals surface area (Å²) in [5, 5.41) is 4.32. The van der Waals surface area contributed by atoms with Crippen LogP contribution in [0.1, 0.15) is 50.1 Å². The molecule has 0 spiro atoms. The number of hydrogen-bond acceptors (Lipinski definition) is 4. The van der Waals surface area contributed by atoms with E-state index in [9.17, 15) is 4.79 Å². The van der Waals surface area contributed by atoms with Crippen LogP contribution in [-0.2, 0) is 24.9 Å². The fourth-order valence-electron chi connectivity index (χ4n) is 4.30. The molecule has 158 valence electrons. The zero-order valence-corrected chi connectivity index (χ0v) is 18.4. The number of benzene rings is 1. The standard InChI is InChI=1S/C23H34N4O2/c1-17-10-7-8-11-21(17)16-29-23(5)14-18(2)26(19(3)15-23)12-9-13-27-22(28)25(6)20(4)24-27/h7-8,10-11,19H,2,9,12-16H2,1,3-6H3. The highest BCUT2D eigenvalue weighted by Gasteiger charge is 2.37. The molecule has 2 unspecified atom stereocenters. The van der Waals surface area contributed by atoms with Crippen LogP contribution in [0.5, 0.6) is 0 Å². The lowest BCUT2D eigenvalue weighted by Crippen LogP contribution is -2.48. The largest absolute Gasteiger partial charge is 0.372 e. The van der Waals surface area contributed by atoms with Gasteiger partial charge in [-0.05, 0) is 51.7 Å². The molecule has 1 aliphatic rings. The van der Waals surface area contributed by atoms with E-state index in [-0.39, 0.29) is 11.3 Å². The van der Waals surface area contributed by atoms with Gasteiger partial charge in [-0.1, -0.05) is 30.8 Å². The Labute approximate surface area is 173 Å². The van der Waals surface area contributed by atoms with Crippen LogP contribution in [0.2, 0.25) is 0 Å². The van der Waals surface area contributed by atoms with Gasteiger partial charge in [-0.2, -0.15) is 5.10 Å². The highest BCUT2D eigenvalue weighted by molar-refractivity contribution is 5.24. The lowest BCUT2D eigenvalue weighted by molar-refractivity contribution is -0.0804. The number of piperidine rings is 1. The summed E-state index contributed by atoms with van der Waals surface area (Å²) in [5.74, 6) is 0.743. The molecule has 1 aliphatic heterocycles. The second-order valence-electron chi connectivity index (χ2n) is 8.62. The van der Waals surface area contributed by atoms with E-state index in [1.54, 1.807) is 16.3 Å². The van der Waals surface area contributed by atoms with Crippen LogP contribution >= 0.6 is 0 Å². The van der Waals surface area contributed by atoms with Crippen LogP contribution in [0.3, 0.4) is 0 Å². The monoisotopic (exact) mass is 398 g/mol. The smallest absolute Gasteiger partial charge is 0.345 e. The molecular formula is C23H34N4O2. The Bertz CT molecular complexity index is 929. The van der Waals surface area contributed by atoms with E-state index in [1.165, 1.54) is 11.1 Å². The van der Waals surface area contributed by atoms with Gasteiger partial charge < -0.3 is 9.64 Å². The first-order valence-corrected chi connectivity index (χ1v) is 10.4. The van der Waals surface area contributed by atoms with E-state index in [1.807, 2.05) is 6.92 Å². The SMILES string of the molecule is C=C1CC(C)(OCc2ccccc2C)CC(C)N1CCCn1nc(C)n(C)c1=O. The first-order chi connectivity index (χ1) is 13.7. The molecule has 1 fully saturated rings. The van der Waals surface area contributed by atoms with Crippen molar-refractivity contribution in [3.05, 3.63) is 64.0 Å². The average Bonchev–Trinajstić information content (AvgIpc) is 2.90. The van der Waals surface area contributed by atoms with E-state index in [0.717, 1.165) is 37.3 Å². The van der Waals surface area contributed by atoms with Crippen LogP contribution in [0.25, 0.3) is 0 Å². The summed E-state index contributed by atoms with van der Waals surface area (Å²) in [6.45, 7) is 14.9. The Morgan fingerprint density at radius 3 is 2.62 bits per heavy atom. The number of nitrogens with zero attached hydrogens (tertiary/aromatic N) is 4. The summed E-state index contributed by atoms with van der Waals surface area (Å²) >= 11 is 0. The fourth-order valence-corrected chi connectivity index (χ4v) is 4.30. The molecule has 1 saturated heterocycles. The van der Waals surface area contributed by atoms with Crippen molar-refractivity contribution in [3.63, 3.8) is 0 Å². The molecule has 2 atom stereocenters. The molecular weight excluding hydrogens is 364 g/mol. The minimum Gasteiger partial charge on any atom is -0.372 e. The predicted molar refractivity (Wildman–Crippen MR) is 116 cm³/mol. The maximum atomic E-state index is 12.1. The van der Waals surface area contributed by atoms with Gasteiger partial charge in [-0.3, -0.25) is 4.57 Å². The Kier molecular flexibility index (Phi) is 6.32. The van der Waals surface area contributed by atoms with Crippen molar-refractivity contribution in [3.8, 4) is 0 Å². The lowest BCUT2D eigenvalue weighted by atomic mass is 9.86. The van der Waals surface area contributed by atoms with Crippen molar-refractivity contribution in [2.24, 2.45) is 7.05 Å². The second-order valence-corrected chi connectivity index (χ2v) is 8.62. The third kappa shape index (κ3) is 4.81. The molecule has 0 bridgehead atoms. The van der Waals surface area contributed by atoms with E-state index in [4.69, 9.17) is 4.74 Å². The van der Waals surface area contributed by atoms with Crippen molar-refractivity contribution >= 4 is 0 Å². The van der Waals surface area contributed by atoms with Crippen molar-refractivity contribution < 1.29 is 4.74 Å². The molecule has 6 nitrogen and oxygen atoms in total. The molecule has 1 aromatic carbocycles. The molecule has 6 heteroatoms. The normalized spacial score (nSPS) is 22.3. The molecule has 0 aliphatic carbocycles. The van der Waals surface area contributed by atoms with Crippen LogP contribution < -0.4 is 5.69 Å². The fraction of sp³-hybridized carbons (Fsp3) is 0.565. The third-order valence-corrected chi connectivity index (χ3v) is 6.11. The van der Waals surface area contributed by atoms with Crippen molar-refractivity contribution in [1.29, 1.82) is 0 Å².